The maximum Gasteiger partial charge on any atom is 0.266 e. The van der Waals surface area contributed by atoms with Crippen LogP contribution in [0.25, 0.3) is 16.7 Å². The van der Waals surface area contributed by atoms with Crippen molar-refractivity contribution in [1.29, 1.82) is 0 Å². The van der Waals surface area contributed by atoms with Gasteiger partial charge in [0.05, 0.1) is 6.54 Å². The average Bonchev–Trinajstić information content (AvgIpc) is 3.50. The summed E-state index contributed by atoms with van der Waals surface area (Å²) in [5.41, 5.74) is 1.54. The molecule has 1 aliphatic rings. The number of aromatic nitrogens is 5. The van der Waals surface area contributed by atoms with E-state index in [2.05, 4.69) is 20.1 Å². The Hall–Kier alpha value is -3.72. The lowest BCUT2D eigenvalue weighted by Crippen LogP contribution is -2.49. The average molecular weight is 417 g/mol. The van der Waals surface area contributed by atoms with E-state index in [0.29, 0.717) is 37.6 Å². The molecule has 0 saturated carbocycles. The molecule has 0 atom stereocenters. The molecule has 1 amide bonds. The van der Waals surface area contributed by atoms with Gasteiger partial charge >= 0.3 is 0 Å². The number of amides is 1. The molecule has 0 unspecified atom stereocenters. The van der Waals surface area contributed by atoms with Crippen molar-refractivity contribution in [3.63, 3.8) is 0 Å². The van der Waals surface area contributed by atoms with Gasteiger partial charge in [-0.25, -0.2) is 9.36 Å². The third-order valence-electron chi connectivity index (χ3n) is 5.68. The summed E-state index contributed by atoms with van der Waals surface area (Å²) in [7, 11) is 0. The van der Waals surface area contributed by atoms with Gasteiger partial charge in [0.15, 0.2) is 5.82 Å². The maximum atomic E-state index is 12.9. The molecular formula is C22H23N7O2. The van der Waals surface area contributed by atoms with Crippen LogP contribution in [-0.2, 0) is 6.54 Å². The third-order valence-corrected chi connectivity index (χ3v) is 5.68. The number of nitrogens with one attached hydrogen (secondary N) is 1. The Bertz CT molecular complexity index is 1250. The van der Waals surface area contributed by atoms with Crippen LogP contribution in [0, 0.1) is 0 Å². The van der Waals surface area contributed by atoms with E-state index in [-0.39, 0.29) is 11.5 Å². The van der Waals surface area contributed by atoms with Crippen molar-refractivity contribution in [1.82, 2.24) is 34.3 Å². The van der Waals surface area contributed by atoms with Crippen molar-refractivity contribution < 1.29 is 4.79 Å². The van der Waals surface area contributed by atoms with Crippen molar-refractivity contribution in [3.05, 3.63) is 77.0 Å². The van der Waals surface area contributed by atoms with Gasteiger partial charge in [-0.15, -0.1) is 5.10 Å². The highest BCUT2D eigenvalue weighted by atomic mass is 16.2. The van der Waals surface area contributed by atoms with E-state index in [0.717, 1.165) is 24.0 Å². The molecule has 0 spiro atoms. The number of carbonyl (C=O) groups is 1. The molecule has 0 radical (unpaired) electrons. The van der Waals surface area contributed by atoms with Gasteiger partial charge in [0.1, 0.15) is 0 Å². The maximum absolute atomic E-state index is 12.9. The summed E-state index contributed by atoms with van der Waals surface area (Å²) in [5, 5.41) is 9.67. The number of fused-ring (bicyclic) bond motifs is 1. The Morgan fingerprint density at radius 1 is 1.03 bits per heavy atom. The van der Waals surface area contributed by atoms with Gasteiger partial charge in [-0.05, 0) is 35.7 Å². The zero-order valence-corrected chi connectivity index (χ0v) is 17.0. The molecule has 1 saturated heterocycles. The van der Waals surface area contributed by atoms with Gasteiger partial charge in [0.2, 0.25) is 0 Å². The number of hydrogen-bond donors (Lipinski definition) is 1. The SMILES string of the molecule is O=C(c1ccc2cc[nH]c2c1)N1CCN(CCn2nc(-n3cccn3)ccc2=O)CC1. The standard InChI is InChI=1S/C22H23N7O2/c30-21-5-4-20(28-9-1-7-24-28)25-29(21)15-12-26-10-13-27(14-11-26)22(31)18-3-2-17-6-8-23-19(17)16-18/h1-9,16,23H,10-15H2. The van der Waals surface area contributed by atoms with Crippen LogP contribution in [0.2, 0.25) is 0 Å². The molecule has 3 aromatic heterocycles. The van der Waals surface area contributed by atoms with Crippen molar-refractivity contribution in [2.24, 2.45) is 0 Å². The van der Waals surface area contributed by atoms with Gasteiger partial charge in [-0.3, -0.25) is 14.5 Å². The van der Waals surface area contributed by atoms with Gasteiger partial charge in [0.25, 0.3) is 11.5 Å². The number of rotatable bonds is 5. The van der Waals surface area contributed by atoms with Crippen LogP contribution in [0.15, 0.2) is 65.8 Å². The van der Waals surface area contributed by atoms with Crippen LogP contribution in [0.4, 0.5) is 0 Å². The highest BCUT2D eigenvalue weighted by molar-refractivity contribution is 5.98. The molecule has 1 aromatic carbocycles. The van der Waals surface area contributed by atoms with Crippen molar-refractivity contribution in [2.45, 2.75) is 6.54 Å². The summed E-state index contributed by atoms with van der Waals surface area (Å²) in [5.74, 6) is 0.667. The zero-order valence-electron chi connectivity index (χ0n) is 17.0. The van der Waals surface area contributed by atoms with Crippen LogP contribution >= 0.6 is 0 Å². The Morgan fingerprint density at radius 2 is 1.90 bits per heavy atom. The summed E-state index contributed by atoms with van der Waals surface area (Å²) in [4.78, 5) is 32.4. The monoisotopic (exact) mass is 417 g/mol. The molecule has 4 aromatic rings. The Kier molecular flexibility index (Phi) is 5.09. The van der Waals surface area contributed by atoms with Crippen LogP contribution in [0.3, 0.4) is 0 Å². The zero-order chi connectivity index (χ0) is 21.2. The molecule has 4 heterocycles. The van der Waals surface area contributed by atoms with Gasteiger partial charge in [-0.2, -0.15) is 5.10 Å². The molecule has 1 fully saturated rings. The van der Waals surface area contributed by atoms with E-state index in [1.165, 1.54) is 10.7 Å². The van der Waals surface area contributed by atoms with Gasteiger partial charge in [-0.1, -0.05) is 6.07 Å². The molecule has 31 heavy (non-hydrogen) atoms. The minimum Gasteiger partial charge on any atom is -0.361 e. The summed E-state index contributed by atoms with van der Waals surface area (Å²) < 4.78 is 3.10. The normalized spacial score (nSPS) is 14.9. The summed E-state index contributed by atoms with van der Waals surface area (Å²) in [6.45, 7) is 4.06. The second-order valence-electron chi connectivity index (χ2n) is 7.62. The molecule has 9 nitrogen and oxygen atoms in total. The van der Waals surface area contributed by atoms with E-state index in [9.17, 15) is 9.59 Å². The van der Waals surface area contributed by atoms with E-state index < -0.39 is 0 Å². The number of aromatic amines is 1. The van der Waals surface area contributed by atoms with E-state index in [4.69, 9.17) is 0 Å². The third kappa shape index (κ3) is 3.99. The molecular weight excluding hydrogens is 394 g/mol. The number of benzene rings is 1. The molecule has 1 N–H and O–H groups in total. The predicted molar refractivity (Wildman–Crippen MR) is 116 cm³/mol. The summed E-state index contributed by atoms with van der Waals surface area (Å²) in [6.07, 6.45) is 5.34. The Balaban J connectivity index is 1.18. The second kappa shape index (κ2) is 8.19. The van der Waals surface area contributed by atoms with Gasteiger partial charge in [0, 0.05) is 68.5 Å². The molecule has 0 bridgehead atoms. The van der Waals surface area contributed by atoms with Crippen LogP contribution in [-0.4, -0.2) is 73.0 Å². The molecule has 158 valence electrons. The minimum atomic E-state index is -0.135. The first-order chi connectivity index (χ1) is 15.2. The van der Waals surface area contributed by atoms with Gasteiger partial charge < -0.3 is 9.88 Å². The first kappa shape index (κ1) is 19.3. The van der Waals surface area contributed by atoms with Crippen molar-refractivity contribution >= 4 is 16.8 Å². The van der Waals surface area contributed by atoms with E-state index in [1.807, 2.05) is 41.4 Å². The quantitative estimate of drug-likeness (QED) is 0.530. The van der Waals surface area contributed by atoms with Crippen LogP contribution < -0.4 is 5.56 Å². The molecule has 0 aliphatic carbocycles. The van der Waals surface area contributed by atoms with E-state index >= 15 is 0 Å². The predicted octanol–water partition coefficient (Wildman–Crippen LogP) is 1.37. The lowest BCUT2D eigenvalue weighted by molar-refractivity contribution is 0.0631. The van der Waals surface area contributed by atoms with Crippen molar-refractivity contribution in [3.8, 4) is 5.82 Å². The number of hydrogen-bond acceptors (Lipinski definition) is 5. The fraction of sp³-hybridized carbons (Fsp3) is 0.273. The topological polar surface area (TPSA) is 92.1 Å². The lowest BCUT2D eigenvalue weighted by atomic mass is 10.1. The molecule has 9 heteroatoms. The Morgan fingerprint density at radius 3 is 2.71 bits per heavy atom. The molecule has 5 rings (SSSR count). The smallest absolute Gasteiger partial charge is 0.266 e. The number of piperazine rings is 1. The lowest BCUT2D eigenvalue weighted by Gasteiger charge is -2.34. The highest BCUT2D eigenvalue weighted by Crippen LogP contribution is 2.16. The van der Waals surface area contributed by atoms with Crippen molar-refractivity contribution in [2.75, 3.05) is 32.7 Å². The number of carbonyl (C=O) groups excluding carboxylic acids is 1. The highest BCUT2D eigenvalue weighted by Gasteiger charge is 2.22. The first-order valence-electron chi connectivity index (χ1n) is 10.3. The fourth-order valence-corrected chi connectivity index (χ4v) is 3.90. The largest absolute Gasteiger partial charge is 0.361 e. The fourth-order valence-electron chi connectivity index (χ4n) is 3.90. The van der Waals surface area contributed by atoms with E-state index in [1.54, 1.807) is 23.1 Å². The van der Waals surface area contributed by atoms with Crippen LogP contribution in [0.1, 0.15) is 10.4 Å². The minimum absolute atomic E-state index is 0.0564. The second-order valence-corrected chi connectivity index (χ2v) is 7.62. The molecule has 1 aliphatic heterocycles. The summed E-state index contributed by atoms with van der Waals surface area (Å²) in [6, 6.07) is 12.8. The Labute approximate surface area is 178 Å². The summed E-state index contributed by atoms with van der Waals surface area (Å²) >= 11 is 0. The number of nitrogens with zero attached hydrogens (tertiary/aromatic N) is 6. The van der Waals surface area contributed by atoms with Crippen LogP contribution in [0.5, 0.6) is 0 Å². The first-order valence-corrected chi connectivity index (χ1v) is 10.3. The number of H-pyrrole nitrogens is 1.